The highest BCUT2D eigenvalue weighted by molar-refractivity contribution is 8.16. The van der Waals surface area contributed by atoms with Gasteiger partial charge in [0.2, 0.25) is 0 Å². The minimum Gasteiger partial charge on any atom is -0.484 e. The lowest BCUT2D eigenvalue weighted by atomic mass is 10.1. The molecule has 2 saturated heterocycles. The molecule has 2 fully saturated rings. The van der Waals surface area contributed by atoms with Crippen LogP contribution in [0.25, 0.3) is 0 Å². The maximum atomic E-state index is 13.3. The molecule has 6 nitrogen and oxygen atoms in total. The van der Waals surface area contributed by atoms with Crippen molar-refractivity contribution < 1.29 is 31.1 Å². The second-order valence-electron chi connectivity index (χ2n) is 7.37. The first-order chi connectivity index (χ1) is 15.4. The number of nitrogens with zero attached hydrogens (tertiary/aromatic N) is 2. The van der Waals surface area contributed by atoms with Crippen LogP contribution < -0.4 is 9.64 Å². The Kier molecular flexibility index (Phi) is 6.60. The molecule has 13 heteroatoms. The maximum Gasteiger partial charge on any atom is 0.416 e. The Morgan fingerprint density at radius 3 is 2.52 bits per heavy atom. The fourth-order valence-corrected chi connectivity index (χ4v) is 7.79. The van der Waals surface area contributed by atoms with E-state index in [1.54, 1.807) is 24.3 Å². The SMILES string of the molecule is O=C(COc1ccc(Cl)cc1)N=C1SC2CS(=O)(=O)CC2N1c1cc(C(F)(F)F)ccc1Cl. The lowest BCUT2D eigenvalue weighted by Gasteiger charge is -2.26. The number of alkyl halides is 3. The van der Waals surface area contributed by atoms with Gasteiger partial charge in [-0.05, 0) is 42.5 Å². The van der Waals surface area contributed by atoms with Crippen molar-refractivity contribution >= 4 is 61.6 Å². The number of halogens is 5. The molecule has 2 aromatic rings. The van der Waals surface area contributed by atoms with Crippen LogP contribution in [0.5, 0.6) is 5.75 Å². The number of aliphatic imine (C=N–C) groups is 1. The normalized spacial score (nSPS) is 23.1. The average molecular weight is 539 g/mol. The summed E-state index contributed by atoms with van der Waals surface area (Å²) in [6, 6.07) is 8.35. The van der Waals surface area contributed by atoms with Crippen LogP contribution in [-0.4, -0.2) is 48.9 Å². The highest BCUT2D eigenvalue weighted by atomic mass is 35.5. The van der Waals surface area contributed by atoms with Gasteiger partial charge >= 0.3 is 6.18 Å². The van der Waals surface area contributed by atoms with Crippen LogP contribution in [0.3, 0.4) is 0 Å². The fraction of sp³-hybridized carbons (Fsp3) is 0.300. The van der Waals surface area contributed by atoms with Gasteiger partial charge in [-0.25, -0.2) is 8.42 Å². The van der Waals surface area contributed by atoms with Crippen LogP contribution in [0, 0.1) is 0 Å². The number of rotatable bonds is 4. The zero-order valence-corrected chi connectivity index (χ0v) is 19.7. The number of ether oxygens (including phenoxy) is 1. The van der Waals surface area contributed by atoms with Gasteiger partial charge in [0.05, 0.1) is 33.8 Å². The molecule has 2 unspecified atom stereocenters. The molecule has 0 aliphatic carbocycles. The van der Waals surface area contributed by atoms with Gasteiger partial charge in [-0.2, -0.15) is 18.2 Å². The van der Waals surface area contributed by atoms with Crippen LogP contribution in [0.15, 0.2) is 47.5 Å². The third-order valence-corrected chi connectivity index (χ3v) is 8.78. The predicted molar refractivity (Wildman–Crippen MR) is 122 cm³/mol. The van der Waals surface area contributed by atoms with Gasteiger partial charge in [0.15, 0.2) is 21.6 Å². The standard InChI is InChI=1S/C20H15Cl2F3N2O4S2/c21-12-2-4-13(5-3-12)31-8-18(28)26-19-27(16-9-33(29,30)10-17(16)32-19)15-7-11(20(23,24)25)1-6-14(15)22/h1-7,16-17H,8-10H2. The molecule has 33 heavy (non-hydrogen) atoms. The van der Waals surface area contributed by atoms with Gasteiger partial charge in [0.1, 0.15) is 5.75 Å². The van der Waals surface area contributed by atoms with Crippen molar-refractivity contribution in [2.75, 3.05) is 23.0 Å². The summed E-state index contributed by atoms with van der Waals surface area (Å²) in [5, 5.41) is 0.0488. The van der Waals surface area contributed by atoms with E-state index >= 15 is 0 Å². The van der Waals surface area contributed by atoms with Crippen LogP contribution in [0.1, 0.15) is 5.56 Å². The van der Waals surface area contributed by atoms with E-state index in [1.807, 2.05) is 0 Å². The first kappa shape index (κ1) is 24.2. The zero-order chi connectivity index (χ0) is 24.0. The molecule has 0 saturated carbocycles. The van der Waals surface area contributed by atoms with Crippen LogP contribution in [0.4, 0.5) is 18.9 Å². The fourth-order valence-electron chi connectivity index (χ4n) is 3.53. The molecular weight excluding hydrogens is 524 g/mol. The van der Waals surface area contributed by atoms with E-state index in [2.05, 4.69) is 4.99 Å². The van der Waals surface area contributed by atoms with E-state index in [0.717, 1.165) is 30.0 Å². The molecular formula is C20H15Cl2F3N2O4S2. The van der Waals surface area contributed by atoms with Gasteiger partial charge in [-0.3, -0.25) is 4.79 Å². The van der Waals surface area contributed by atoms with E-state index in [9.17, 15) is 26.4 Å². The van der Waals surface area contributed by atoms with Crippen molar-refractivity contribution in [2.24, 2.45) is 4.99 Å². The number of carbonyl (C=O) groups is 1. The molecule has 0 radical (unpaired) electrons. The molecule has 2 heterocycles. The van der Waals surface area contributed by atoms with E-state index < -0.39 is 45.4 Å². The monoisotopic (exact) mass is 538 g/mol. The van der Waals surface area contributed by atoms with Crippen molar-refractivity contribution in [1.82, 2.24) is 0 Å². The molecule has 1 amide bonds. The van der Waals surface area contributed by atoms with Crippen LogP contribution >= 0.6 is 35.0 Å². The number of fused-ring (bicyclic) bond motifs is 1. The van der Waals surface area contributed by atoms with Crippen molar-refractivity contribution in [3.63, 3.8) is 0 Å². The Morgan fingerprint density at radius 1 is 1.15 bits per heavy atom. The van der Waals surface area contributed by atoms with Crippen molar-refractivity contribution in [3.05, 3.63) is 58.1 Å². The molecule has 0 spiro atoms. The van der Waals surface area contributed by atoms with Crippen LogP contribution in [-0.2, 0) is 20.8 Å². The molecule has 176 valence electrons. The molecule has 2 atom stereocenters. The summed E-state index contributed by atoms with van der Waals surface area (Å²) in [6.45, 7) is -0.427. The third kappa shape index (κ3) is 5.42. The van der Waals surface area contributed by atoms with Gasteiger partial charge in [0.25, 0.3) is 5.91 Å². The van der Waals surface area contributed by atoms with Crippen LogP contribution in [0.2, 0.25) is 10.0 Å². The number of thioether (sulfide) groups is 1. The number of benzene rings is 2. The number of sulfone groups is 1. The minimum atomic E-state index is -4.63. The zero-order valence-electron chi connectivity index (χ0n) is 16.6. The number of carbonyl (C=O) groups excluding carboxylic acids is 1. The van der Waals surface area contributed by atoms with Gasteiger partial charge in [-0.15, -0.1) is 0 Å². The van der Waals surface area contributed by atoms with Crippen molar-refractivity contribution in [2.45, 2.75) is 17.5 Å². The van der Waals surface area contributed by atoms with Crippen molar-refractivity contribution in [3.8, 4) is 5.75 Å². The summed E-state index contributed by atoms with van der Waals surface area (Å²) in [4.78, 5) is 17.8. The summed E-state index contributed by atoms with van der Waals surface area (Å²) in [7, 11) is -3.40. The quantitative estimate of drug-likeness (QED) is 0.561. The summed E-state index contributed by atoms with van der Waals surface area (Å²) >= 11 is 13.0. The Balaban J connectivity index is 1.64. The average Bonchev–Trinajstić information content (AvgIpc) is 3.18. The summed E-state index contributed by atoms with van der Waals surface area (Å²) in [6.07, 6.45) is -4.63. The van der Waals surface area contributed by atoms with E-state index in [1.165, 1.54) is 4.90 Å². The summed E-state index contributed by atoms with van der Waals surface area (Å²) in [5.74, 6) is -0.772. The summed E-state index contributed by atoms with van der Waals surface area (Å²) in [5.41, 5.74) is -1.01. The second kappa shape index (κ2) is 9.01. The van der Waals surface area contributed by atoms with Gasteiger partial charge in [0, 0.05) is 10.3 Å². The van der Waals surface area contributed by atoms with Crippen molar-refractivity contribution in [1.29, 1.82) is 0 Å². The van der Waals surface area contributed by atoms with Gasteiger partial charge in [-0.1, -0.05) is 35.0 Å². The lowest BCUT2D eigenvalue weighted by molar-refractivity contribution is -0.137. The molecule has 2 aliphatic heterocycles. The lowest BCUT2D eigenvalue weighted by Crippen LogP contribution is -2.38. The molecule has 0 N–H and O–H groups in total. The Hall–Kier alpha value is -1.95. The molecule has 2 aliphatic rings. The first-order valence-electron chi connectivity index (χ1n) is 9.46. The molecule has 0 aromatic heterocycles. The Labute approximate surface area is 201 Å². The highest BCUT2D eigenvalue weighted by Crippen LogP contribution is 2.44. The number of hydrogen-bond acceptors (Lipinski definition) is 5. The molecule has 0 bridgehead atoms. The molecule has 4 rings (SSSR count). The molecule has 2 aromatic carbocycles. The number of amidine groups is 1. The summed E-state index contributed by atoms with van der Waals surface area (Å²) < 4.78 is 69.6. The van der Waals surface area contributed by atoms with E-state index in [-0.39, 0.29) is 27.4 Å². The highest BCUT2D eigenvalue weighted by Gasteiger charge is 2.50. The number of hydrogen-bond donors (Lipinski definition) is 0. The number of amides is 1. The third-order valence-electron chi connectivity index (χ3n) is 5.00. The van der Waals surface area contributed by atoms with E-state index in [0.29, 0.717) is 10.8 Å². The van der Waals surface area contributed by atoms with Gasteiger partial charge < -0.3 is 9.64 Å². The smallest absolute Gasteiger partial charge is 0.416 e. The Morgan fingerprint density at radius 2 is 1.85 bits per heavy atom. The maximum absolute atomic E-state index is 13.3. The Bertz CT molecular complexity index is 1220. The topological polar surface area (TPSA) is 76.0 Å². The minimum absolute atomic E-state index is 0.0221. The van der Waals surface area contributed by atoms with E-state index in [4.69, 9.17) is 27.9 Å². The predicted octanol–water partition coefficient (Wildman–Crippen LogP) is 4.69. The largest absolute Gasteiger partial charge is 0.484 e. The number of anilines is 1. The second-order valence-corrected chi connectivity index (χ2v) is 11.6. The first-order valence-corrected chi connectivity index (χ1v) is 12.9.